The largest absolute Gasteiger partial charge is 0.419 e. The van der Waals surface area contributed by atoms with Crippen molar-refractivity contribution in [3.63, 3.8) is 0 Å². The number of nitrogens with two attached hydrogens (primary N) is 1. The molecule has 0 aliphatic rings. The number of sulfonamides is 1. The van der Waals surface area contributed by atoms with E-state index in [0.29, 0.717) is 11.9 Å². The van der Waals surface area contributed by atoms with Crippen LogP contribution in [-0.2, 0) is 16.2 Å². The zero-order valence-electron chi connectivity index (χ0n) is 16.7. The third-order valence-corrected chi connectivity index (χ3v) is 5.50. The van der Waals surface area contributed by atoms with E-state index in [-0.39, 0.29) is 16.4 Å². The van der Waals surface area contributed by atoms with Gasteiger partial charge in [0.2, 0.25) is 21.8 Å². The van der Waals surface area contributed by atoms with Crippen LogP contribution in [-0.4, -0.2) is 39.1 Å². The lowest BCUT2D eigenvalue weighted by molar-refractivity contribution is -0.137. The minimum absolute atomic E-state index is 0.0801. The Morgan fingerprint density at radius 3 is 2.31 bits per heavy atom. The number of nitrogens with zero attached hydrogens (tertiary/aromatic N) is 4. The Morgan fingerprint density at radius 2 is 1.78 bits per heavy atom. The summed E-state index contributed by atoms with van der Waals surface area (Å²) in [7, 11) is -3.91. The third-order valence-electron chi connectivity index (χ3n) is 4.57. The fraction of sp³-hybridized carbons (Fsp3) is 0.278. The molecular formula is C18H18F4N6O3S. The molecule has 0 saturated carbocycles. The summed E-state index contributed by atoms with van der Waals surface area (Å²) in [5, 5.41) is 21.0. The zero-order chi connectivity index (χ0) is 23.9. The van der Waals surface area contributed by atoms with Crippen LogP contribution in [0.3, 0.4) is 0 Å². The highest BCUT2D eigenvalue weighted by molar-refractivity contribution is 7.89. The summed E-state index contributed by atoms with van der Waals surface area (Å²) in [6.07, 6.45) is -2.02. The summed E-state index contributed by atoms with van der Waals surface area (Å²) in [6, 6.07) is 3.91. The van der Waals surface area contributed by atoms with Gasteiger partial charge in [-0.3, -0.25) is 4.68 Å². The van der Waals surface area contributed by atoms with Gasteiger partial charge in [-0.05, 0) is 38.1 Å². The molecule has 1 aromatic carbocycles. The van der Waals surface area contributed by atoms with Crippen molar-refractivity contribution in [2.45, 2.75) is 36.8 Å². The van der Waals surface area contributed by atoms with Gasteiger partial charge >= 0.3 is 6.18 Å². The van der Waals surface area contributed by atoms with Crippen molar-refractivity contribution >= 4 is 21.7 Å². The summed E-state index contributed by atoms with van der Waals surface area (Å²) in [6.45, 7) is 2.20. The molecule has 0 radical (unpaired) electrons. The molecule has 4 N–H and O–H groups in total. The number of aliphatic hydroxyl groups is 1. The predicted molar refractivity (Wildman–Crippen MR) is 106 cm³/mol. The number of rotatable bonds is 6. The van der Waals surface area contributed by atoms with E-state index < -0.39 is 39.4 Å². The van der Waals surface area contributed by atoms with Gasteiger partial charge in [0, 0.05) is 23.6 Å². The molecule has 0 fully saturated rings. The van der Waals surface area contributed by atoms with Crippen LogP contribution in [0.2, 0.25) is 0 Å². The maximum absolute atomic E-state index is 13.8. The molecule has 2 atom stereocenters. The topological polar surface area (TPSA) is 136 Å². The number of hydrogen-bond donors (Lipinski definition) is 3. The number of nitrogens with one attached hydrogen (secondary N) is 1. The van der Waals surface area contributed by atoms with Crippen LogP contribution >= 0.6 is 0 Å². The molecule has 0 aliphatic carbocycles. The highest BCUT2D eigenvalue weighted by Gasteiger charge is 2.36. The van der Waals surface area contributed by atoms with E-state index in [1.54, 1.807) is 0 Å². The molecule has 14 heteroatoms. The van der Waals surface area contributed by atoms with E-state index in [0.717, 1.165) is 24.0 Å². The Labute approximate surface area is 180 Å². The highest BCUT2D eigenvalue weighted by Crippen LogP contribution is 2.37. The fourth-order valence-corrected chi connectivity index (χ4v) is 3.16. The zero-order valence-corrected chi connectivity index (χ0v) is 17.5. The molecule has 3 rings (SSSR count). The van der Waals surface area contributed by atoms with Crippen LogP contribution in [0, 0.1) is 0 Å². The normalized spacial score (nSPS) is 15.2. The van der Waals surface area contributed by atoms with Gasteiger partial charge in [0.25, 0.3) is 0 Å². The van der Waals surface area contributed by atoms with E-state index in [9.17, 15) is 31.1 Å². The van der Waals surface area contributed by atoms with Crippen molar-refractivity contribution in [1.29, 1.82) is 0 Å². The molecular weight excluding hydrogens is 456 g/mol. The van der Waals surface area contributed by atoms with E-state index in [1.165, 1.54) is 31.2 Å². The van der Waals surface area contributed by atoms with Crippen LogP contribution in [0.1, 0.15) is 25.5 Å². The summed E-state index contributed by atoms with van der Waals surface area (Å²) in [5.74, 6) is -2.87. The second-order valence-corrected chi connectivity index (χ2v) is 8.62. The first-order chi connectivity index (χ1) is 14.7. The van der Waals surface area contributed by atoms with Gasteiger partial charge in [0.1, 0.15) is 11.6 Å². The van der Waals surface area contributed by atoms with E-state index in [2.05, 4.69) is 20.4 Å². The van der Waals surface area contributed by atoms with Crippen LogP contribution < -0.4 is 10.5 Å². The predicted octanol–water partition coefficient (Wildman–Crippen LogP) is 2.99. The van der Waals surface area contributed by atoms with Gasteiger partial charge in [-0.15, -0.1) is 0 Å². The van der Waals surface area contributed by atoms with E-state index >= 15 is 0 Å². The Kier molecular flexibility index (Phi) is 5.97. The first kappa shape index (κ1) is 23.6. The number of anilines is 2. The number of aromatic nitrogens is 4. The Morgan fingerprint density at radius 1 is 1.16 bits per heavy atom. The molecule has 0 unspecified atom stereocenters. The van der Waals surface area contributed by atoms with Gasteiger partial charge in [0.15, 0.2) is 0 Å². The number of primary sulfonamides is 1. The second kappa shape index (κ2) is 8.11. The number of hydrogen-bond acceptors (Lipinski definition) is 7. The molecule has 2 heterocycles. The molecule has 2 aromatic heterocycles. The number of benzene rings is 1. The summed E-state index contributed by atoms with van der Waals surface area (Å²) in [4.78, 5) is 7.43. The maximum Gasteiger partial charge on any atom is 0.419 e. The molecule has 32 heavy (non-hydrogen) atoms. The molecule has 0 spiro atoms. The molecule has 3 aromatic rings. The van der Waals surface area contributed by atoms with Gasteiger partial charge in [0.05, 0.1) is 16.8 Å². The van der Waals surface area contributed by atoms with Crippen molar-refractivity contribution in [3.05, 3.63) is 48.4 Å². The lowest BCUT2D eigenvalue weighted by atomic mass is 10.1. The monoisotopic (exact) mass is 474 g/mol. The van der Waals surface area contributed by atoms with E-state index in [1.807, 2.05) is 0 Å². The Hall–Kier alpha value is -3.10. The second-order valence-electron chi connectivity index (χ2n) is 7.06. The van der Waals surface area contributed by atoms with Gasteiger partial charge in [-0.1, -0.05) is 0 Å². The van der Waals surface area contributed by atoms with Crippen LogP contribution in [0.5, 0.6) is 0 Å². The minimum Gasteiger partial charge on any atom is -0.360 e. The van der Waals surface area contributed by atoms with E-state index in [4.69, 9.17) is 5.14 Å². The van der Waals surface area contributed by atoms with Crippen LogP contribution in [0.15, 0.2) is 47.8 Å². The molecule has 9 nitrogen and oxygen atoms in total. The van der Waals surface area contributed by atoms with Crippen molar-refractivity contribution in [1.82, 2.24) is 19.7 Å². The maximum atomic E-state index is 13.8. The number of alkyl halides is 4. The van der Waals surface area contributed by atoms with Crippen molar-refractivity contribution in [2.75, 3.05) is 5.32 Å². The smallest absolute Gasteiger partial charge is 0.360 e. The first-order valence-corrected chi connectivity index (χ1v) is 10.5. The lowest BCUT2D eigenvalue weighted by Gasteiger charge is -2.21. The average Bonchev–Trinajstić information content (AvgIpc) is 3.15. The Balaban J connectivity index is 1.99. The molecule has 0 aliphatic heterocycles. The van der Waals surface area contributed by atoms with Gasteiger partial charge < -0.3 is 10.4 Å². The van der Waals surface area contributed by atoms with Gasteiger partial charge in [-0.2, -0.15) is 18.3 Å². The summed E-state index contributed by atoms with van der Waals surface area (Å²) < 4.78 is 77.9. The van der Waals surface area contributed by atoms with Crippen LogP contribution in [0.4, 0.5) is 29.2 Å². The molecule has 0 amide bonds. The molecule has 0 bridgehead atoms. The standard InChI is InChI=1S/C18H18F4N6O3S/c1-10(17(2,19)29)28-9-11(7-25-28)15-14(18(20,21)22)8-24-16(27-15)26-12-3-5-13(6-4-12)32(23,30)31/h3-10,29H,1-2H3,(H2,23,30,31)(H,24,26,27)/t10-,17+/m1/s1. The SMILES string of the molecule is C[C@@H](n1cc(-c2nc(Nc3ccc(S(N)(=O)=O)cc3)ncc2C(F)(F)F)cn1)[C@](C)(O)F. The molecule has 172 valence electrons. The third kappa shape index (κ3) is 5.20. The minimum atomic E-state index is -4.79. The number of halogens is 4. The highest BCUT2D eigenvalue weighted by atomic mass is 32.2. The first-order valence-electron chi connectivity index (χ1n) is 8.96. The lowest BCUT2D eigenvalue weighted by Crippen LogP contribution is -2.29. The fourth-order valence-electron chi connectivity index (χ4n) is 2.64. The van der Waals surface area contributed by atoms with Crippen molar-refractivity contribution < 1.29 is 31.1 Å². The summed E-state index contributed by atoms with van der Waals surface area (Å²) >= 11 is 0. The Bertz CT molecular complexity index is 1220. The average molecular weight is 474 g/mol. The van der Waals surface area contributed by atoms with Crippen molar-refractivity contribution in [3.8, 4) is 11.3 Å². The quantitative estimate of drug-likeness (QED) is 0.467. The van der Waals surface area contributed by atoms with Gasteiger partial charge in [-0.25, -0.2) is 27.9 Å². The summed E-state index contributed by atoms with van der Waals surface area (Å²) in [5.41, 5.74) is -1.45. The van der Waals surface area contributed by atoms with Crippen molar-refractivity contribution in [2.24, 2.45) is 5.14 Å². The van der Waals surface area contributed by atoms with Crippen LogP contribution in [0.25, 0.3) is 11.3 Å². The molecule has 0 saturated heterocycles.